The number of likely N-dealkylation sites (tertiary alicyclic amines) is 1. The van der Waals surface area contributed by atoms with Crippen molar-refractivity contribution in [1.29, 1.82) is 0 Å². The fourth-order valence-electron chi connectivity index (χ4n) is 3.74. The van der Waals surface area contributed by atoms with Gasteiger partial charge >= 0.3 is 0 Å². The molecule has 0 saturated carbocycles. The molecular formula is C22H21F3N2O3S. The van der Waals surface area contributed by atoms with Gasteiger partial charge < -0.3 is 9.32 Å². The zero-order valence-corrected chi connectivity index (χ0v) is 17.4. The molecule has 164 valence electrons. The number of nitrogens with zero attached hydrogens (tertiary/aromatic N) is 2. The van der Waals surface area contributed by atoms with Crippen molar-refractivity contribution < 1.29 is 26.0 Å². The van der Waals surface area contributed by atoms with Crippen LogP contribution in [-0.2, 0) is 16.3 Å². The third-order valence-corrected chi connectivity index (χ3v) is 7.90. The van der Waals surface area contributed by atoms with E-state index in [1.165, 1.54) is 48.9 Å². The van der Waals surface area contributed by atoms with Crippen LogP contribution in [0, 0.1) is 11.6 Å². The van der Waals surface area contributed by atoms with Crippen molar-refractivity contribution in [2.45, 2.75) is 29.2 Å². The number of hydrogen-bond donors (Lipinski definition) is 0. The maximum Gasteiger partial charge on any atom is 0.225 e. The molecule has 5 nitrogen and oxygen atoms in total. The van der Waals surface area contributed by atoms with Crippen LogP contribution in [0.4, 0.5) is 13.2 Å². The van der Waals surface area contributed by atoms with Gasteiger partial charge in [0.2, 0.25) is 20.7 Å². The minimum absolute atomic E-state index is 0.0906. The smallest absolute Gasteiger partial charge is 0.225 e. The maximum absolute atomic E-state index is 15.5. The van der Waals surface area contributed by atoms with Gasteiger partial charge in [0, 0.05) is 44.1 Å². The third-order valence-electron chi connectivity index (χ3n) is 5.64. The Bertz CT molecular complexity index is 1140. The molecule has 1 aromatic heterocycles. The quantitative estimate of drug-likeness (QED) is 0.557. The van der Waals surface area contributed by atoms with Crippen LogP contribution in [-0.4, -0.2) is 42.9 Å². The summed E-state index contributed by atoms with van der Waals surface area (Å²) in [4.78, 5) is 5.80. The van der Waals surface area contributed by atoms with Crippen molar-refractivity contribution in [3.8, 4) is 11.5 Å². The van der Waals surface area contributed by atoms with Gasteiger partial charge in [-0.1, -0.05) is 6.07 Å². The summed E-state index contributed by atoms with van der Waals surface area (Å²) >= 11 is 0. The Morgan fingerprint density at radius 1 is 1.06 bits per heavy atom. The number of sulfone groups is 1. The second kappa shape index (κ2) is 8.47. The standard InChI is InChI=1S/C22H21F3N2O3S/c23-18-4-1-16(20(24)15-18)7-11-27-12-8-22(25,9-13-27)31(28,29)19-5-2-17(3-6-19)21-26-10-14-30-21/h1-6,10,14-15H,7-9,11-13H2. The summed E-state index contributed by atoms with van der Waals surface area (Å²) in [5.74, 6) is -0.905. The zero-order valence-electron chi connectivity index (χ0n) is 16.6. The minimum Gasteiger partial charge on any atom is -0.445 e. The highest BCUT2D eigenvalue weighted by molar-refractivity contribution is 7.92. The van der Waals surface area contributed by atoms with Crippen LogP contribution in [0.25, 0.3) is 11.5 Å². The first-order chi connectivity index (χ1) is 14.8. The lowest BCUT2D eigenvalue weighted by Crippen LogP contribution is -2.46. The molecule has 0 atom stereocenters. The van der Waals surface area contributed by atoms with E-state index in [0.717, 1.165) is 6.07 Å². The van der Waals surface area contributed by atoms with E-state index in [2.05, 4.69) is 4.98 Å². The van der Waals surface area contributed by atoms with E-state index in [9.17, 15) is 17.2 Å². The van der Waals surface area contributed by atoms with E-state index in [1.54, 1.807) is 0 Å². The summed E-state index contributed by atoms with van der Waals surface area (Å²) in [7, 11) is -4.20. The predicted octanol–water partition coefficient (Wildman–Crippen LogP) is 4.40. The normalized spacial score (nSPS) is 17.0. The molecule has 0 spiro atoms. The molecule has 0 aliphatic carbocycles. The Morgan fingerprint density at radius 2 is 1.77 bits per heavy atom. The molecule has 1 fully saturated rings. The maximum atomic E-state index is 15.5. The third kappa shape index (κ3) is 4.38. The molecule has 0 amide bonds. The number of benzene rings is 2. The zero-order chi connectivity index (χ0) is 22.1. The van der Waals surface area contributed by atoms with Gasteiger partial charge in [0.1, 0.15) is 17.9 Å². The Morgan fingerprint density at radius 3 is 2.39 bits per heavy atom. The molecule has 0 N–H and O–H groups in total. The van der Waals surface area contributed by atoms with E-state index in [4.69, 9.17) is 4.42 Å². The molecule has 0 unspecified atom stereocenters. The van der Waals surface area contributed by atoms with Crippen LogP contribution in [0.3, 0.4) is 0 Å². The van der Waals surface area contributed by atoms with Crippen LogP contribution in [0.15, 0.2) is 64.2 Å². The first-order valence-corrected chi connectivity index (χ1v) is 11.4. The topological polar surface area (TPSA) is 63.4 Å². The first kappa shape index (κ1) is 21.6. The van der Waals surface area contributed by atoms with E-state index in [-0.39, 0.29) is 30.8 Å². The van der Waals surface area contributed by atoms with Crippen molar-refractivity contribution in [2.24, 2.45) is 0 Å². The van der Waals surface area contributed by atoms with Crippen LogP contribution in [0.5, 0.6) is 0 Å². The average Bonchev–Trinajstić information content (AvgIpc) is 3.29. The lowest BCUT2D eigenvalue weighted by Gasteiger charge is -2.36. The molecule has 2 heterocycles. The highest BCUT2D eigenvalue weighted by Crippen LogP contribution is 2.37. The van der Waals surface area contributed by atoms with E-state index in [1.807, 2.05) is 4.90 Å². The Balaban J connectivity index is 1.40. The second-order valence-corrected chi connectivity index (χ2v) is 9.79. The van der Waals surface area contributed by atoms with Gasteiger partial charge in [-0.15, -0.1) is 0 Å². The van der Waals surface area contributed by atoms with Gasteiger partial charge in [-0.3, -0.25) is 0 Å². The lowest BCUT2D eigenvalue weighted by atomic mass is 10.1. The van der Waals surface area contributed by atoms with E-state index < -0.39 is 26.5 Å². The Kier molecular flexibility index (Phi) is 5.90. The largest absolute Gasteiger partial charge is 0.445 e. The fraction of sp³-hybridized carbons (Fsp3) is 0.318. The van der Waals surface area contributed by atoms with Crippen molar-refractivity contribution in [1.82, 2.24) is 9.88 Å². The van der Waals surface area contributed by atoms with Gasteiger partial charge in [0.05, 0.1) is 11.1 Å². The monoisotopic (exact) mass is 450 g/mol. The number of oxazole rings is 1. The summed E-state index contributed by atoms with van der Waals surface area (Å²) in [5.41, 5.74) is 0.969. The van der Waals surface area contributed by atoms with Crippen molar-refractivity contribution in [3.05, 3.63) is 72.1 Å². The SMILES string of the molecule is O=S(=O)(c1ccc(-c2ncco2)cc1)C1(F)CCN(CCc2ccc(F)cc2F)CC1. The molecule has 9 heteroatoms. The van der Waals surface area contributed by atoms with Crippen molar-refractivity contribution >= 4 is 9.84 Å². The number of piperidine rings is 1. The Labute approximate surface area is 178 Å². The van der Waals surface area contributed by atoms with E-state index in [0.29, 0.717) is 30.0 Å². The molecule has 2 aromatic carbocycles. The summed E-state index contributed by atoms with van der Waals surface area (Å²) in [6, 6.07) is 9.21. The number of alkyl halides is 1. The Hall–Kier alpha value is -2.65. The van der Waals surface area contributed by atoms with Crippen LogP contribution >= 0.6 is 0 Å². The number of halogens is 3. The van der Waals surface area contributed by atoms with Crippen molar-refractivity contribution in [3.63, 3.8) is 0 Å². The first-order valence-electron chi connectivity index (χ1n) is 9.88. The minimum atomic E-state index is -4.20. The molecule has 1 aliphatic heterocycles. The average molecular weight is 450 g/mol. The van der Waals surface area contributed by atoms with Gasteiger partial charge in [0.15, 0.2) is 0 Å². The van der Waals surface area contributed by atoms with Gasteiger partial charge in [-0.2, -0.15) is 0 Å². The molecule has 31 heavy (non-hydrogen) atoms. The predicted molar refractivity (Wildman–Crippen MR) is 109 cm³/mol. The van der Waals surface area contributed by atoms with Gasteiger partial charge in [-0.25, -0.2) is 26.6 Å². The van der Waals surface area contributed by atoms with Crippen LogP contribution in [0.2, 0.25) is 0 Å². The number of hydrogen-bond acceptors (Lipinski definition) is 5. The summed E-state index contributed by atoms with van der Waals surface area (Å²) < 4.78 is 73.4. The highest BCUT2D eigenvalue weighted by atomic mass is 32.2. The molecule has 3 aromatic rings. The number of rotatable bonds is 6. The molecular weight excluding hydrogens is 429 g/mol. The number of aromatic nitrogens is 1. The molecule has 0 bridgehead atoms. The summed E-state index contributed by atoms with van der Waals surface area (Å²) in [6.45, 7) is 0.892. The summed E-state index contributed by atoms with van der Waals surface area (Å²) in [5, 5.41) is -2.37. The second-order valence-electron chi connectivity index (χ2n) is 7.58. The van der Waals surface area contributed by atoms with Crippen molar-refractivity contribution in [2.75, 3.05) is 19.6 Å². The highest BCUT2D eigenvalue weighted by Gasteiger charge is 2.47. The summed E-state index contributed by atoms with van der Waals surface area (Å²) in [6.07, 6.45) is 2.87. The molecule has 4 rings (SSSR count). The molecule has 1 aliphatic rings. The molecule has 0 radical (unpaired) electrons. The fourth-order valence-corrected chi connectivity index (χ4v) is 5.37. The molecule has 1 saturated heterocycles. The van der Waals surface area contributed by atoms with Crippen LogP contribution in [0.1, 0.15) is 18.4 Å². The lowest BCUT2D eigenvalue weighted by molar-refractivity contribution is 0.120. The van der Waals surface area contributed by atoms with Crippen LogP contribution < -0.4 is 0 Å². The van der Waals surface area contributed by atoms with Gasteiger partial charge in [-0.05, 0) is 42.3 Å². The van der Waals surface area contributed by atoms with E-state index >= 15 is 4.39 Å². The van der Waals surface area contributed by atoms with Gasteiger partial charge in [0.25, 0.3) is 0 Å².